The summed E-state index contributed by atoms with van der Waals surface area (Å²) in [6.45, 7) is 4.46. The van der Waals surface area contributed by atoms with Gasteiger partial charge in [-0.05, 0) is 46.8 Å². The molecule has 0 aliphatic rings. The average Bonchev–Trinajstić information content (AvgIpc) is 3.22. The zero-order valence-corrected chi connectivity index (χ0v) is 17.0. The van der Waals surface area contributed by atoms with E-state index in [0.717, 1.165) is 5.69 Å². The summed E-state index contributed by atoms with van der Waals surface area (Å²) in [5.41, 5.74) is 1.13. The van der Waals surface area contributed by atoms with E-state index in [2.05, 4.69) is 20.8 Å². The van der Waals surface area contributed by atoms with Crippen LogP contribution in [0.1, 0.15) is 30.0 Å². The summed E-state index contributed by atoms with van der Waals surface area (Å²) in [7, 11) is -3.56. The number of nitrogens with one attached hydrogen (secondary N) is 1. The Morgan fingerprint density at radius 3 is 2.31 bits per heavy atom. The van der Waals surface area contributed by atoms with Crippen LogP contribution in [0.4, 0.5) is 0 Å². The van der Waals surface area contributed by atoms with E-state index in [-0.39, 0.29) is 17.3 Å². The third-order valence-corrected chi connectivity index (χ3v) is 6.47. The monoisotopic (exact) mass is 414 g/mol. The highest BCUT2D eigenvalue weighted by Gasteiger charge is 2.21. The number of sulfonamides is 1. The SMILES string of the molecule is CCN(CC)S(=O)(=O)c1ccc(C(=O)NCc2nnnn2-c2ccccc2)cc1. The van der Waals surface area contributed by atoms with Crippen molar-refractivity contribution in [3.05, 3.63) is 66.0 Å². The Hall–Kier alpha value is -3.11. The van der Waals surface area contributed by atoms with Crippen LogP contribution in [0, 0.1) is 0 Å². The second-order valence-corrected chi connectivity index (χ2v) is 8.08. The number of amides is 1. The molecule has 0 saturated carbocycles. The molecule has 152 valence electrons. The molecule has 0 aliphatic heterocycles. The third-order valence-electron chi connectivity index (χ3n) is 4.40. The molecule has 2 aromatic carbocycles. The molecular weight excluding hydrogens is 392 g/mol. The molecule has 1 aromatic heterocycles. The fraction of sp³-hybridized carbons (Fsp3) is 0.263. The van der Waals surface area contributed by atoms with E-state index in [1.165, 1.54) is 28.6 Å². The topological polar surface area (TPSA) is 110 Å². The molecule has 0 unspecified atom stereocenters. The molecule has 0 radical (unpaired) electrons. The minimum atomic E-state index is -3.56. The first-order valence-electron chi connectivity index (χ1n) is 9.18. The van der Waals surface area contributed by atoms with Gasteiger partial charge in [-0.15, -0.1) is 5.10 Å². The highest BCUT2D eigenvalue weighted by Crippen LogP contribution is 2.16. The molecule has 29 heavy (non-hydrogen) atoms. The summed E-state index contributed by atoms with van der Waals surface area (Å²) in [5.74, 6) is 0.129. The minimum Gasteiger partial charge on any atom is -0.345 e. The van der Waals surface area contributed by atoms with E-state index < -0.39 is 10.0 Å². The number of carbonyl (C=O) groups is 1. The highest BCUT2D eigenvalue weighted by atomic mass is 32.2. The summed E-state index contributed by atoms with van der Waals surface area (Å²) in [5, 5.41) is 14.3. The maximum Gasteiger partial charge on any atom is 0.251 e. The van der Waals surface area contributed by atoms with E-state index in [9.17, 15) is 13.2 Å². The highest BCUT2D eigenvalue weighted by molar-refractivity contribution is 7.89. The molecule has 3 aromatic rings. The quantitative estimate of drug-likeness (QED) is 0.600. The third kappa shape index (κ3) is 4.49. The first-order chi connectivity index (χ1) is 14.0. The number of rotatable bonds is 8. The van der Waals surface area contributed by atoms with Crippen LogP contribution in [0.2, 0.25) is 0 Å². The van der Waals surface area contributed by atoms with Crippen LogP contribution in [-0.2, 0) is 16.6 Å². The number of aromatic nitrogens is 4. The largest absolute Gasteiger partial charge is 0.345 e. The normalized spacial score (nSPS) is 11.6. The molecule has 0 aliphatic carbocycles. The number of nitrogens with zero attached hydrogens (tertiary/aromatic N) is 5. The van der Waals surface area contributed by atoms with Crippen molar-refractivity contribution in [3.63, 3.8) is 0 Å². The van der Waals surface area contributed by atoms with Crippen LogP contribution in [0.5, 0.6) is 0 Å². The zero-order chi connectivity index (χ0) is 20.9. The molecule has 0 atom stereocenters. The Bertz CT molecular complexity index is 1060. The predicted octanol–water partition coefficient (Wildman–Crippen LogP) is 1.62. The summed E-state index contributed by atoms with van der Waals surface area (Å²) in [6.07, 6.45) is 0. The van der Waals surface area contributed by atoms with Gasteiger partial charge in [-0.2, -0.15) is 8.99 Å². The first kappa shape index (κ1) is 20.6. The van der Waals surface area contributed by atoms with Gasteiger partial charge in [0.1, 0.15) is 0 Å². The van der Waals surface area contributed by atoms with E-state index >= 15 is 0 Å². The Labute approximate surface area is 169 Å². The second-order valence-electron chi connectivity index (χ2n) is 6.14. The number of hydrogen-bond donors (Lipinski definition) is 1. The minimum absolute atomic E-state index is 0.125. The van der Waals surface area contributed by atoms with Crippen molar-refractivity contribution in [1.82, 2.24) is 29.8 Å². The van der Waals surface area contributed by atoms with Gasteiger partial charge in [-0.1, -0.05) is 32.0 Å². The number of benzene rings is 2. The fourth-order valence-corrected chi connectivity index (χ4v) is 4.30. The lowest BCUT2D eigenvalue weighted by atomic mass is 10.2. The maximum absolute atomic E-state index is 12.5. The number of carbonyl (C=O) groups excluding carboxylic acids is 1. The lowest BCUT2D eigenvalue weighted by Crippen LogP contribution is -2.30. The van der Waals surface area contributed by atoms with Crippen molar-refractivity contribution in [2.75, 3.05) is 13.1 Å². The van der Waals surface area contributed by atoms with Crippen LogP contribution in [0.15, 0.2) is 59.5 Å². The number of hydrogen-bond acceptors (Lipinski definition) is 6. The van der Waals surface area contributed by atoms with Gasteiger partial charge in [-0.25, -0.2) is 8.42 Å². The first-order valence-corrected chi connectivity index (χ1v) is 10.6. The van der Waals surface area contributed by atoms with Crippen molar-refractivity contribution in [2.45, 2.75) is 25.3 Å². The molecule has 1 N–H and O–H groups in total. The summed E-state index contributed by atoms with van der Waals surface area (Å²) < 4.78 is 28.0. The fourth-order valence-electron chi connectivity index (χ4n) is 2.84. The van der Waals surface area contributed by atoms with Gasteiger partial charge in [0.15, 0.2) is 5.82 Å². The van der Waals surface area contributed by atoms with Gasteiger partial charge < -0.3 is 5.32 Å². The van der Waals surface area contributed by atoms with E-state index in [4.69, 9.17) is 0 Å². The number of para-hydroxylation sites is 1. The molecule has 9 nitrogen and oxygen atoms in total. The molecule has 0 spiro atoms. The Kier molecular flexibility index (Phi) is 6.35. The van der Waals surface area contributed by atoms with Crippen molar-refractivity contribution in [3.8, 4) is 5.69 Å². The van der Waals surface area contributed by atoms with E-state index in [1.807, 2.05) is 30.3 Å². The molecule has 1 heterocycles. The summed E-state index contributed by atoms with van der Waals surface area (Å²) in [6, 6.07) is 15.2. The van der Waals surface area contributed by atoms with Crippen molar-refractivity contribution < 1.29 is 13.2 Å². The van der Waals surface area contributed by atoms with Gasteiger partial charge in [-0.3, -0.25) is 4.79 Å². The predicted molar refractivity (Wildman–Crippen MR) is 107 cm³/mol. The molecule has 0 bridgehead atoms. The molecule has 0 fully saturated rings. The van der Waals surface area contributed by atoms with Crippen LogP contribution >= 0.6 is 0 Å². The van der Waals surface area contributed by atoms with E-state index in [0.29, 0.717) is 24.5 Å². The van der Waals surface area contributed by atoms with Crippen molar-refractivity contribution in [2.24, 2.45) is 0 Å². The van der Waals surface area contributed by atoms with E-state index in [1.54, 1.807) is 18.5 Å². The second kappa shape index (κ2) is 8.93. The Balaban J connectivity index is 1.69. The van der Waals surface area contributed by atoms with Crippen molar-refractivity contribution in [1.29, 1.82) is 0 Å². The van der Waals surface area contributed by atoms with Crippen molar-refractivity contribution >= 4 is 15.9 Å². The van der Waals surface area contributed by atoms with Crippen LogP contribution in [-0.4, -0.2) is 51.9 Å². The van der Waals surface area contributed by atoms with Gasteiger partial charge >= 0.3 is 0 Å². The Morgan fingerprint density at radius 1 is 1.03 bits per heavy atom. The smallest absolute Gasteiger partial charge is 0.251 e. The van der Waals surface area contributed by atoms with Crippen LogP contribution in [0.25, 0.3) is 5.69 Å². The van der Waals surface area contributed by atoms with Crippen LogP contribution in [0.3, 0.4) is 0 Å². The number of tetrazole rings is 1. The van der Waals surface area contributed by atoms with Gasteiger partial charge in [0.25, 0.3) is 5.91 Å². The van der Waals surface area contributed by atoms with Gasteiger partial charge in [0.05, 0.1) is 17.1 Å². The Morgan fingerprint density at radius 2 is 1.69 bits per heavy atom. The molecular formula is C19H22N6O3S. The molecule has 1 amide bonds. The molecule has 0 saturated heterocycles. The molecule has 10 heteroatoms. The maximum atomic E-state index is 12.5. The summed E-state index contributed by atoms with van der Waals surface area (Å²) in [4.78, 5) is 12.6. The van der Waals surface area contributed by atoms with Gasteiger partial charge in [0.2, 0.25) is 10.0 Å². The lowest BCUT2D eigenvalue weighted by molar-refractivity contribution is 0.0949. The molecule has 3 rings (SSSR count). The standard InChI is InChI=1S/C19H22N6O3S/c1-3-24(4-2)29(27,28)17-12-10-15(11-13-17)19(26)20-14-18-21-22-23-25(18)16-8-6-5-7-9-16/h5-13H,3-4,14H2,1-2H3,(H,20,26). The summed E-state index contributed by atoms with van der Waals surface area (Å²) >= 11 is 0. The average molecular weight is 414 g/mol. The lowest BCUT2D eigenvalue weighted by Gasteiger charge is -2.18. The zero-order valence-electron chi connectivity index (χ0n) is 16.2. The van der Waals surface area contributed by atoms with Crippen LogP contribution < -0.4 is 5.32 Å². The van der Waals surface area contributed by atoms with Gasteiger partial charge in [0, 0.05) is 18.7 Å².